The third-order valence-electron chi connectivity index (χ3n) is 2.80. The number of hydrogen-bond acceptors (Lipinski definition) is 1. The molecule has 1 heterocycles. The summed E-state index contributed by atoms with van der Waals surface area (Å²) >= 11 is 1.81. The lowest BCUT2D eigenvalue weighted by Gasteiger charge is -1.98. The summed E-state index contributed by atoms with van der Waals surface area (Å²) in [4.78, 5) is 1.38. The minimum atomic E-state index is 1.24. The Morgan fingerprint density at radius 2 is 1.81 bits per heavy atom. The molecule has 1 aromatic heterocycles. The van der Waals surface area contributed by atoms with Crippen LogP contribution in [0.1, 0.15) is 63.2 Å². The highest BCUT2D eigenvalue weighted by atomic mass is 32.1. The molecule has 0 atom stereocenters. The molecule has 0 N–H and O–H groups in total. The van der Waals surface area contributed by atoms with Crippen LogP contribution in [0, 0.1) is 0 Å². The second-order valence-corrected chi connectivity index (χ2v) is 5.31. The Labute approximate surface area is 104 Å². The SMILES string of the molecule is CCCCCCCCCC=Cc1cccs1. The molecule has 0 aliphatic rings. The van der Waals surface area contributed by atoms with Gasteiger partial charge in [-0.3, -0.25) is 0 Å². The largest absolute Gasteiger partial charge is 0.144 e. The molecule has 0 unspecified atom stereocenters. The van der Waals surface area contributed by atoms with Gasteiger partial charge in [0.25, 0.3) is 0 Å². The summed E-state index contributed by atoms with van der Waals surface area (Å²) < 4.78 is 0. The van der Waals surface area contributed by atoms with Gasteiger partial charge in [0.05, 0.1) is 0 Å². The number of rotatable bonds is 9. The first kappa shape index (κ1) is 13.5. The topological polar surface area (TPSA) is 0 Å². The molecule has 0 aliphatic heterocycles. The van der Waals surface area contributed by atoms with Crippen LogP contribution in [0.2, 0.25) is 0 Å². The fourth-order valence-electron chi connectivity index (χ4n) is 1.80. The molecule has 1 heteroatoms. The minimum absolute atomic E-state index is 1.24. The fraction of sp³-hybridized carbons (Fsp3) is 0.600. The van der Waals surface area contributed by atoms with E-state index in [0.717, 1.165) is 0 Å². The van der Waals surface area contributed by atoms with Gasteiger partial charge >= 0.3 is 0 Å². The standard InChI is InChI=1S/C15H24S/c1-2-3-4-5-6-7-8-9-10-12-15-13-11-14-16-15/h10-14H,2-9H2,1H3. The molecule has 90 valence electrons. The van der Waals surface area contributed by atoms with Crippen LogP contribution in [0.4, 0.5) is 0 Å². The highest BCUT2D eigenvalue weighted by molar-refractivity contribution is 7.10. The second kappa shape index (κ2) is 9.65. The van der Waals surface area contributed by atoms with Crippen molar-refractivity contribution >= 4 is 17.4 Å². The van der Waals surface area contributed by atoms with E-state index in [4.69, 9.17) is 0 Å². The highest BCUT2D eigenvalue weighted by Crippen LogP contribution is 2.12. The predicted molar refractivity (Wildman–Crippen MR) is 76.0 cm³/mol. The maximum Gasteiger partial charge on any atom is 0.0267 e. The summed E-state index contributed by atoms with van der Waals surface area (Å²) in [7, 11) is 0. The molecule has 0 aliphatic carbocycles. The summed E-state index contributed by atoms with van der Waals surface area (Å²) in [6, 6.07) is 4.28. The molecule has 1 rings (SSSR count). The van der Waals surface area contributed by atoms with Crippen LogP contribution >= 0.6 is 11.3 Å². The molecule has 0 bridgehead atoms. The molecule has 0 nitrogen and oxygen atoms in total. The van der Waals surface area contributed by atoms with Crippen LogP contribution in [0.3, 0.4) is 0 Å². The molecule has 0 saturated heterocycles. The van der Waals surface area contributed by atoms with E-state index in [0.29, 0.717) is 0 Å². The van der Waals surface area contributed by atoms with Gasteiger partial charge in [0.15, 0.2) is 0 Å². The van der Waals surface area contributed by atoms with Gasteiger partial charge in [-0.15, -0.1) is 11.3 Å². The first-order chi connectivity index (χ1) is 7.93. The van der Waals surface area contributed by atoms with Crippen molar-refractivity contribution in [2.24, 2.45) is 0 Å². The van der Waals surface area contributed by atoms with Gasteiger partial charge in [-0.2, -0.15) is 0 Å². The predicted octanol–water partition coefficient (Wildman–Crippen LogP) is 5.90. The van der Waals surface area contributed by atoms with E-state index in [1.54, 1.807) is 0 Å². The van der Waals surface area contributed by atoms with E-state index in [1.165, 1.54) is 56.2 Å². The van der Waals surface area contributed by atoms with E-state index in [9.17, 15) is 0 Å². The number of unbranched alkanes of at least 4 members (excludes halogenated alkanes) is 7. The van der Waals surface area contributed by atoms with E-state index >= 15 is 0 Å². The zero-order valence-electron chi connectivity index (χ0n) is 10.5. The average molecular weight is 236 g/mol. The van der Waals surface area contributed by atoms with Crippen molar-refractivity contribution in [2.45, 2.75) is 58.3 Å². The Balaban J connectivity index is 1.88. The molecule has 0 spiro atoms. The molecular formula is C15H24S. The van der Waals surface area contributed by atoms with Crippen molar-refractivity contribution in [3.05, 3.63) is 28.5 Å². The minimum Gasteiger partial charge on any atom is -0.144 e. The van der Waals surface area contributed by atoms with Crippen LogP contribution < -0.4 is 0 Å². The molecule has 0 fully saturated rings. The first-order valence-electron chi connectivity index (χ1n) is 6.63. The van der Waals surface area contributed by atoms with E-state index in [2.05, 4.69) is 36.6 Å². The van der Waals surface area contributed by atoms with E-state index < -0.39 is 0 Å². The van der Waals surface area contributed by atoms with Gasteiger partial charge in [0.1, 0.15) is 0 Å². The zero-order chi connectivity index (χ0) is 11.5. The molecule has 0 saturated carbocycles. The van der Waals surface area contributed by atoms with Crippen molar-refractivity contribution in [1.29, 1.82) is 0 Å². The number of hydrogen-bond donors (Lipinski definition) is 0. The van der Waals surface area contributed by atoms with Crippen LogP contribution in [0.5, 0.6) is 0 Å². The normalized spacial score (nSPS) is 11.3. The van der Waals surface area contributed by atoms with Gasteiger partial charge in [0.2, 0.25) is 0 Å². The average Bonchev–Trinajstić information content (AvgIpc) is 2.80. The lowest BCUT2D eigenvalue weighted by molar-refractivity contribution is 0.592. The molecule has 16 heavy (non-hydrogen) atoms. The Morgan fingerprint density at radius 1 is 1.06 bits per heavy atom. The maximum absolute atomic E-state index is 2.32. The lowest BCUT2D eigenvalue weighted by atomic mass is 10.1. The van der Waals surface area contributed by atoms with Gasteiger partial charge in [-0.25, -0.2) is 0 Å². The first-order valence-corrected chi connectivity index (χ1v) is 7.51. The monoisotopic (exact) mass is 236 g/mol. The van der Waals surface area contributed by atoms with Crippen molar-refractivity contribution in [3.8, 4) is 0 Å². The Bertz CT molecular complexity index is 259. The van der Waals surface area contributed by atoms with Gasteiger partial charge in [-0.1, -0.05) is 57.6 Å². The van der Waals surface area contributed by atoms with Crippen LogP contribution in [0.15, 0.2) is 23.6 Å². The third kappa shape index (κ3) is 6.84. The Kier molecular flexibility index (Phi) is 8.15. The van der Waals surface area contributed by atoms with E-state index in [1.807, 2.05) is 11.3 Å². The third-order valence-corrected chi connectivity index (χ3v) is 3.64. The maximum atomic E-state index is 2.32. The van der Waals surface area contributed by atoms with Crippen LogP contribution in [-0.2, 0) is 0 Å². The fourth-order valence-corrected chi connectivity index (χ4v) is 2.45. The smallest absolute Gasteiger partial charge is 0.0267 e. The zero-order valence-corrected chi connectivity index (χ0v) is 11.3. The van der Waals surface area contributed by atoms with Gasteiger partial charge in [-0.05, 0) is 30.4 Å². The molecule has 0 amide bonds. The molecule has 0 aromatic carbocycles. The highest BCUT2D eigenvalue weighted by Gasteiger charge is 1.89. The Morgan fingerprint density at radius 3 is 2.50 bits per heavy atom. The summed E-state index contributed by atoms with van der Waals surface area (Å²) in [6.07, 6.45) is 15.6. The molecule has 0 radical (unpaired) electrons. The quantitative estimate of drug-likeness (QED) is 0.468. The van der Waals surface area contributed by atoms with Crippen LogP contribution in [0.25, 0.3) is 6.08 Å². The van der Waals surface area contributed by atoms with Crippen molar-refractivity contribution < 1.29 is 0 Å². The summed E-state index contributed by atoms with van der Waals surface area (Å²) in [6.45, 7) is 2.27. The number of thiophene rings is 1. The number of allylic oxidation sites excluding steroid dienone is 1. The van der Waals surface area contributed by atoms with Crippen molar-refractivity contribution in [3.63, 3.8) is 0 Å². The van der Waals surface area contributed by atoms with Crippen molar-refractivity contribution in [1.82, 2.24) is 0 Å². The van der Waals surface area contributed by atoms with Crippen molar-refractivity contribution in [2.75, 3.05) is 0 Å². The summed E-state index contributed by atoms with van der Waals surface area (Å²) in [5.74, 6) is 0. The Hall–Kier alpha value is -0.560. The molecular weight excluding hydrogens is 212 g/mol. The molecule has 1 aromatic rings. The van der Waals surface area contributed by atoms with E-state index in [-0.39, 0.29) is 0 Å². The summed E-state index contributed by atoms with van der Waals surface area (Å²) in [5.41, 5.74) is 0. The van der Waals surface area contributed by atoms with Gasteiger partial charge in [0, 0.05) is 4.88 Å². The van der Waals surface area contributed by atoms with Crippen LogP contribution in [-0.4, -0.2) is 0 Å². The lowest BCUT2D eigenvalue weighted by Crippen LogP contribution is -1.78. The van der Waals surface area contributed by atoms with Gasteiger partial charge < -0.3 is 0 Å². The summed E-state index contributed by atoms with van der Waals surface area (Å²) in [5, 5.41) is 2.13. The second-order valence-electron chi connectivity index (χ2n) is 4.33.